The first-order chi connectivity index (χ1) is 30.0. The third-order valence-corrected chi connectivity index (χ3v) is 13.3. The molecule has 0 fully saturated rings. The third-order valence-electron chi connectivity index (χ3n) is 9.77. The van der Waals surface area contributed by atoms with E-state index in [2.05, 4.69) is 9.97 Å². The summed E-state index contributed by atoms with van der Waals surface area (Å²) in [5.41, 5.74) is 1.94. The van der Waals surface area contributed by atoms with E-state index in [4.69, 9.17) is 30.5 Å². The predicted molar refractivity (Wildman–Crippen MR) is 240 cm³/mol. The van der Waals surface area contributed by atoms with Gasteiger partial charge in [0.1, 0.15) is 43.9 Å². The number of nitrogens with zero attached hydrogens (tertiary/aromatic N) is 4. The molecule has 0 aliphatic heterocycles. The van der Waals surface area contributed by atoms with Crippen molar-refractivity contribution in [2.45, 2.75) is 25.2 Å². The molecule has 12 nitrogen and oxygen atoms in total. The molecule has 9 aromatic rings. The van der Waals surface area contributed by atoms with E-state index in [1.54, 1.807) is 63.2 Å². The highest BCUT2D eigenvalue weighted by molar-refractivity contribution is 7.99. The topological polar surface area (TPSA) is 140 Å². The number of aryl methyl sites for hydroxylation is 1. The molecule has 316 valence electrons. The van der Waals surface area contributed by atoms with E-state index in [0.717, 1.165) is 32.2 Å². The molecule has 0 unspecified atom stereocenters. The Morgan fingerprint density at radius 2 is 1.26 bits per heavy atom. The van der Waals surface area contributed by atoms with Crippen LogP contribution in [0.15, 0.2) is 93.7 Å². The molecule has 0 radical (unpaired) electrons. The summed E-state index contributed by atoms with van der Waals surface area (Å²) in [5, 5.41) is 0.0808. The molecule has 0 amide bonds. The Morgan fingerprint density at radius 3 is 1.76 bits per heavy atom. The summed E-state index contributed by atoms with van der Waals surface area (Å²) in [6.07, 6.45) is 5.53. The van der Waals surface area contributed by atoms with Crippen LogP contribution in [0.1, 0.15) is 40.3 Å². The van der Waals surface area contributed by atoms with Gasteiger partial charge in [-0.1, -0.05) is 11.6 Å². The molecule has 0 aliphatic carbocycles. The summed E-state index contributed by atoms with van der Waals surface area (Å²) in [7, 11) is 3.13. The Kier molecular flexibility index (Phi) is 12.1. The number of esters is 2. The number of benzene rings is 4. The summed E-state index contributed by atoms with van der Waals surface area (Å²) in [5.74, 6) is -0.828. The van der Waals surface area contributed by atoms with Crippen LogP contribution in [0, 0.1) is 11.6 Å². The molecular weight excluding hydrogens is 882 g/mol. The van der Waals surface area contributed by atoms with Crippen LogP contribution in [0.25, 0.3) is 51.9 Å². The summed E-state index contributed by atoms with van der Waals surface area (Å²) >= 11 is 9.85. The first-order valence-corrected chi connectivity index (χ1v) is 21.9. The van der Waals surface area contributed by atoms with Crippen LogP contribution in [0.5, 0.6) is 11.5 Å². The minimum atomic E-state index is -0.740. The molecule has 9 rings (SSSR count). The van der Waals surface area contributed by atoms with Gasteiger partial charge in [-0.05, 0) is 74.5 Å². The molecule has 0 bridgehead atoms. The third kappa shape index (κ3) is 7.69. The summed E-state index contributed by atoms with van der Waals surface area (Å²) < 4.78 is 55.2. The Morgan fingerprint density at radius 1 is 0.726 bits per heavy atom. The van der Waals surface area contributed by atoms with Crippen molar-refractivity contribution < 1.29 is 37.3 Å². The molecule has 5 aromatic heterocycles. The van der Waals surface area contributed by atoms with Gasteiger partial charge in [-0.25, -0.2) is 18.4 Å². The second-order valence-electron chi connectivity index (χ2n) is 13.4. The Bertz CT molecular complexity index is 3370. The Balaban J connectivity index is 0.000000176. The lowest BCUT2D eigenvalue weighted by Crippen LogP contribution is -2.20. The number of thioether (sulfide) groups is 1. The van der Waals surface area contributed by atoms with Crippen molar-refractivity contribution >= 4 is 110 Å². The van der Waals surface area contributed by atoms with Crippen LogP contribution < -0.4 is 20.3 Å². The van der Waals surface area contributed by atoms with Crippen molar-refractivity contribution in [2.75, 3.05) is 33.2 Å². The smallest absolute Gasteiger partial charge is 0.345 e. The van der Waals surface area contributed by atoms with Crippen LogP contribution in [0.2, 0.25) is 5.02 Å². The normalized spacial score (nSPS) is 11.4. The number of fused-ring (bicyclic) bond motifs is 10. The average molecular weight is 915 g/mol. The monoisotopic (exact) mass is 914 g/mol. The Labute approximate surface area is 367 Å². The van der Waals surface area contributed by atoms with Crippen LogP contribution in [-0.2, 0) is 15.9 Å². The molecule has 0 N–H and O–H groups in total. The fourth-order valence-corrected chi connectivity index (χ4v) is 10.5. The largest absolute Gasteiger partial charge is 0.497 e. The highest BCUT2D eigenvalue weighted by Gasteiger charge is 2.26. The van der Waals surface area contributed by atoms with Gasteiger partial charge in [0.15, 0.2) is 0 Å². The number of pyridine rings is 2. The number of thiazole rings is 2. The van der Waals surface area contributed by atoms with Gasteiger partial charge >= 0.3 is 11.9 Å². The van der Waals surface area contributed by atoms with Gasteiger partial charge in [0.2, 0.25) is 10.9 Å². The number of hydrogen-bond acceptors (Lipinski definition) is 13. The maximum Gasteiger partial charge on any atom is 0.345 e. The van der Waals surface area contributed by atoms with Crippen LogP contribution >= 0.6 is 46.0 Å². The maximum atomic E-state index is 15.1. The molecule has 62 heavy (non-hydrogen) atoms. The number of methoxy groups -OCH3 is 2. The molecule has 0 saturated heterocycles. The van der Waals surface area contributed by atoms with Crippen LogP contribution in [0.4, 0.5) is 8.78 Å². The summed E-state index contributed by atoms with van der Waals surface area (Å²) in [6.45, 7) is 3.57. The second-order valence-corrected chi connectivity index (χ2v) is 17.0. The van der Waals surface area contributed by atoms with Crippen molar-refractivity contribution in [3.63, 3.8) is 0 Å². The van der Waals surface area contributed by atoms with Gasteiger partial charge in [0, 0.05) is 35.7 Å². The van der Waals surface area contributed by atoms with Crippen LogP contribution in [-0.4, -0.2) is 63.9 Å². The van der Waals surface area contributed by atoms with E-state index < -0.39 is 34.4 Å². The van der Waals surface area contributed by atoms with E-state index in [1.807, 2.05) is 34.7 Å². The standard InChI is InChI=1S/C25H20FN3O4S2.C19H13ClFNO4S/c1-3-33-25(31)22-23(30)16-11-17(26)20(34-9-6-14-13-27-7-8-28-14)12-19(16)29-18-5-4-15(32-2)10-21(18)35-24(22)29;1-3-26-19(24)16-17(23)10-7-12(21)11(20)8-14(10)22-13-5-4-9(25-2)6-15(13)27-18(16)22/h4-5,7-8,10-13H,3,6,9H2,1-2H3;4-8H,3H2,1-2H3. The van der Waals surface area contributed by atoms with Crippen molar-refractivity contribution in [3.8, 4) is 11.5 Å². The quantitative estimate of drug-likeness (QED) is 0.0957. The zero-order chi connectivity index (χ0) is 43.8. The molecule has 5 heterocycles. The SMILES string of the molecule is CCOC(=O)c1c(=O)c2cc(F)c(Cl)cc2n2c1sc1cc(OC)ccc12.CCOC(=O)c1c(=O)c2cc(F)c(SCCc3cnccn3)cc2n2c1sc1cc(OC)ccc12. The molecule has 0 atom stereocenters. The number of halogens is 3. The predicted octanol–water partition coefficient (Wildman–Crippen LogP) is 9.76. The first-order valence-electron chi connectivity index (χ1n) is 18.9. The van der Waals surface area contributed by atoms with E-state index in [-0.39, 0.29) is 40.1 Å². The molecule has 0 spiro atoms. The minimum absolute atomic E-state index is 0.0629. The first kappa shape index (κ1) is 42.5. The lowest BCUT2D eigenvalue weighted by molar-refractivity contribution is 0.0517. The van der Waals surface area contributed by atoms with Crippen molar-refractivity contribution in [2.24, 2.45) is 0 Å². The zero-order valence-electron chi connectivity index (χ0n) is 33.2. The fraction of sp³-hybridized carbons (Fsp3) is 0.182. The van der Waals surface area contributed by atoms with Gasteiger partial charge in [0.05, 0.1) is 80.4 Å². The highest BCUT2D eigenvalue weighted by Crippen LogP contribution is 2.37. The molecular formula is C44H33ClF2N4O8S3. The minimum Gasteiger partial charge on any atom is -0.497 e. The maximum absolute atomic E-state index is 15.1. The number of hydrogen-bond donors (Lipinski definition) is 0. The van der Waals surface area contributed by atoms with E-state index >= 15 is 4.39 Å². The van der Waals surface area contributed by atoms with Crippen molar-refractivity contribution in [1.82, 2.24) is 18.8 Å². The number of carbonyl (C=O) groups is 2. The molecule has 4 aromatic carbocycles. The van der Waals surface area contributed by atoms with Gasteiger partial charge in [0.25, 0.3) is 0 Å². The number of aromatic nitrogens is 4. The molecule has 0 aliphatic rings. The molecule has 18 heteroatoms. The lowest BCUT2D eigenvalue weighted by atomic mass is 10.1. The van der Waals surface area contributed by atoms with E-state index in [0.29, 0.717) is 49.3 Å². The molecule has 0 saturated carbocycles. The van der Waals surface area contributed by atoms with Gasteiger partial charge < -0.3 is 18.9 Å². The summed E-state index contributed by atoms with van der Waals surface area (Å²) in [4.78, 5) is 61.2. The number of carbonyl (C=O) groups excluding carboxylic acids is 2. The Hall–Kier alpha value is -6.14. The van der Waals surface area contributed by atoms with Crippen molar-refractivity contribution in [1.29, 1.82) is 0 Å². The van der Waals surface area contributed by atoms with Gasteiger partial charge in [-0.3, -0.25) is 28.4 Å². The van der Waals surface area contributed by atoms with E-state index in [9.17, 15) is 23.6 Å². The van der Waals surface area contributed by atoms with Gasteiger partial charge in [-0.15, -0.1) is 34.4 Å². The zero-order valence-corrected chi connectivity index (χ0v) is 36.5. The average Bonchev–Trinajstić information content (AvgIpc) is 3.83. The van der Waals surface area contributed by atoms with E-state index in [1.165, 1.54) is 46.6 Å². The number of rotatable bonds is 10. The van der Waals surface area contributed by atoms with Gasteiger partial charge in [-0.2, -0.15) is 0 Å². The lowest BCUT2D eigenvalue weighted by Gasteiger charge is -2.11. The summed E-state index contributed by atoms with van der Waals surface area (Å²) in [6, 6.07) is 16.2. The fourth-order valence-electron chi connectivity index (χ4n) is 6.98. The van der Waals surface area contributed by atoms with Crippen LogP contribution in [0.3, 0.4) is 0 Å². The van der Waals surface area contributed by atoms with Crippen molar-refractivity contribution in [3.05, 3.63) is 133 Å². The highest BCUT2D eigenvalue weighted by atomic mass is 35.5. The second kappa shape index (κ2) is 17.7. The number of ether oxygens (including phenoxy) is 4.